The third-order valence-electron chi connectivity index (χ3n) is 3.56. The molecule has 0 aromatic heterocycles. The largest absolute Gasteiger partial charge is 0.507 e. The number of carbonyl (C=O) groups excluding carboxylic acids is 1. The SMILES string of the molecule is Cc1ccc(C(=O)N(C)C2CCNCC2)c(O)c1. The van der Waals surface area contributed by atoms with E-state index in [9.17, 15) is 9.90 Å². The van der Waals surface area contributed by atoms with Crippen molar-refractivity contribution in [2.24, 2.45) is 0 Å². The molecule has 0 saturated carbocycles. The van der Waals surface area contributed by atoms with Crippen molar-refractivity contribution in [2.45, 2.75) is 25.8 Å². The Labute approximate surface area is 108 Å². The molecule has 18 heavy (non-hydrogen) atoms. The molecular formula is C14H20N2O2. The summed E-state index contributed by atoms with van der Waals surface area (Å²) in [6.45, 7) is 3.79. The smallest absolute Gasteiger partial charge is 0.257 e. The van der Waals surface area contributed by atoms with E-state index in [1.807, 2.05) is 20.0 Å². The van der Waals surface area contributed by atoms with Gasteiger partial charge in [0.25, 0.3) is 5.91 Å². The van der Waals surface area contributed by atoms with E-state index in [0.717, 1.165) is 31.5 Å². The number of aromatic hydroxyl groups is 1. The highest BCUT2D eigenvalue weighted by molar-refractivity contribution is 5.96. The number of aryl methyl sites for hydroxylation is 1. The zero-order chi connectivity index (χ0) is 13.1. The summed E-state index contributed by atoms with van der Waals surface area (Å²) in [7, 11) is 1.82. The molecule has 1 amide bonds. The van der Waals surface area contributed by atoms with Gasteiger partial charge in [0.1, 0.15) is 5.75 Å². The Morgan fingerprint density at radius 1 is 1.39 bits per heavy atom. The van der Waals surface area contributed by atoms with Crippen LogP contribution in [-0.2, 0) is 0 Å². The number of hydrogen-bond acceptors (Lipinski definition) is 3. The topological polar surface area (TPSA) is 52.6 Å². The Morgan fingerprint density at radius 3 is 2.67 bits per heavy atom. The van der Waals surface area contributed by atoms with E-state index in [1.54, 1.807) is 17.0 Å². The average molecular weight is 248 g/mol. The Bertz CT molecular complexity index is 439. The van der Waals surface area contributed by atoms with Crippen molar-refractivity contribution in [2.75, 3.05) is 20.1 Å². The van der Waals surface area contributed by atoms with Crippen LogP contribution in [0, 0.1) is 6.92 Å². The number of benzene rings is 1. The molecule has 0 spiro atoms. The molecule has 0 atom stereocenters. The van der Waals surface area contributed by atoms with Crippen molar-refractivity contribution in [3.63, 3.8) is 0 Å². The normalized spacial score (nSPS) is 16.6. The van der Waals surface area contributed by atoms with Gasteiger partial charge in [-0.05, 0) is 50.6 Å². The summed E-state index contributed by atoms with van der Waals surface area (Å²) < 4.78 is 0. The van der Waals surface area contributed by atoms with Crippen molar-refractivity contribution >= 4 is 5.91 Å². The van der Waals surface area contributed by atoms with E-state index in [-0.39, 0.29) is 17.7 Å². The number of phenols is 1. The van der Waals surface area contributed by atoms with E-state index in [1.165, 1.54) is 0 Å². The second-order valence-corrected chi connectivity index (χ2v) is 4.92. The Kier molecular flexibility index (Phi) is 3.87. The van der Waals surface area contributed by atoms with Gasteiger partial charge in [-0.2, -0.15) is 0 Å². The minimum absolute atomic E-state index is 0.0702. The highest BCUT2D eigenvalue weighted by Crippen LogP contribution is 2.22. The van der Waals surface area contributed by atoms with Gasteiger partial charge in [0.05, 0.1) is 5.56 Å². The minimum atomic E-state index is -0.0978. The van der Waals surface area contributed by atoms with Crippen molar-refractivity contribution in [1.29, 1.82) is 0 Å². The average Bonchev–Trinajstić information content (AvgIpc) is 2.38. The van der Waals surface area contributed by atoms with Crippen molar-refractivity contribution in [1.82, 2.24) is 10.2 Å². The Morgan fingerprint density at radius 2 is 2.06 bits per heavy atom. The standard InChI is InChI=1S/C14H20N2O2/c1-10-3-4-12(13(17)9-10)14(18)16(2)11-5-7-15-8-6-11/h3-4,9,11,15,17H,5-8H2,1-2H3. The summed E-state index contributed by atoms with van der Waals surface area (Å²) in [5, 5.41) is 13.1. The summed E-state index contributed by atoms with van der Waals surface area (Å²) in [5.74, 6) is -0.0276. The number of phenolic OH excluding ortho intramolecular Hbond substituents is 1. The maximum atomic E-state index is 12.3. The van der Waals surface area contributed by atoms with E-state index >= 15 is 0 Å². The number of rotatable bonds is 2. The van der Waals surface area contributed by atoms with Crippen molar-refractivity contribution < 1.29 is 9.90 Å². The molecule has 0 bridgehead atoms. The van der Waals surface area contributed by atoms with Crippen LogP contribution in [0.1, 0.15) is 28.8 Å². The predicted molar refractivity (Wildman–Crippen MR) is 70.8 cm³/mol. The molecule has 4 nitrogen and oxygen atoms in total. The fourth-order valence-electron chi connectivity index (χ4n) is 2.37. The second kappa shape index (κ2) is 5.40. The molecule has 1 fully saturated rings. The van der Waals surface area contributed by atoms with Gasteiger partial charge in [-0.25, -0.2) is 0 Å². The second-order valence-electron chi connectivity index (χ2n) is 4.92. The van der Waals surface area contributed by atoms with Crippen LogP contribution in [0.5, 0.6) is 5.75 Å². The number of amides is 1. The quantitative estimate of drug-likeness (QED) is 0.834. The first-order valence-electron chi connectivity index (χ1n) is 6.37. The molecule has 1 heterocycles. The van der Waals surface area contributed by atoms with Gasteiger partial charge >= 0.3 is 0 Å². The lowest BCUT2D eigenvalue weighted by molar-refractivity contribution is 0.0700. The predicted octanol–water partition coefficient (Wildman–Crippen LogP) is 1.52. The molecule has 1 aliphatic rings. The molecule has 1 aromatic carbocycles. The molecule has 2 N–H and O–H groups in total. The first-order valence-corrected chi connectivity index (χ1v) is 6.37. The van der Waals surface area contributed by atoms with Gasteiger partial charge in [-0.3, -0.25) is 4.79 Å². The molecule has 4 heteroatoms. The van der Waals surface area contributed by atoms with E-state index in [0.29, 0.717) is 5.56 Å². The summed E-state index contributed by atoms with van der Waals surface area (Å²) in [6.07, 6.45) is 1.93. The minimum Gasteiger partial charge on any atom is -0.507 e. The number of carbonyl (C=O) groups is 1. The van der Waals surface area contributed by atoms with Crippen LogP contribution in [0.3, 0.4) is 0 Å². The number of piperidine rings is 1. The van der Waals surface area contributed by atoms with Gasteiger partial charge < -0.3 is 15.3 Å². The van der Waals surface area contributed by atoms with E-state index in [4.69, 9.17) is 0 Å². The van der Waals surface area contributed by atoms with Gasteiger partial charge in [-0.1, -0.05) is 6.07 Å². The molecule has 2 rings (SSSR count). The third-order valence-corrected chi connectivity index (χ3v) is 3.56. The lowest BCUT2D eigenvalue weighted by Crippen LogP contribution is -2.43. The number of nitrogens with zero attached hydrogens (tertiary/aromatic N) is 1. The van der Waals surface area contributed by atoms with Crippen LogP contribution in [0.4, 0.5) is 0 Å². The lowest BCUT2D eigenvalue weighted by Gasteiger charge is -2.31. The summed E-state index contributed by atoms with van der Waals surface area (Å²) in [5.41, 5.74) is 1.34. The molecule has 0 unspecified atom stereocenters. The molecule has 0 aliphatic carbocycles. The molecule has 1 saturated heterocycles. The third kappa shape index (κ3) is 2.64. The zero-order valence-electron chi connectivity index (χ0n) is 10.9. The maximum Gasteiger partial charge on any atom is 0.257 e. The summed E-state index contributed by atoms with van der Waals surface area (Å²) in [6, 6.07) is 5.44. The fraction of sp³-hybridized carbons (Fsp3) is 0.500. The van der Waals surface area contributed by atoms with Gasteiger partial charge in [0.2, 0.25) is 0 Å². The molecule has 0 radical (unpaired) electrons. The van der Waals surface area contributed by atoms with Crippen LogP contribution in [0.15, 0.2) is 18.2 Å². The highest BCUT2D eigenvalue weighted by atomic mass is 16.3. The molecule has 98 valence electrons. The van der Waals surface area contributed by atoms with Crippen LogP contribution < -0.4 is 5.32 Å². The summed E-state index contributed by atoms with van der Waals surface area (Å²) >= 11 is 0. The van der Waals surface area contributed by atoms with E-state index in [2.05, 4.69) is 5.32 Å². The maximum absolute atomic E-state index is 12.3. The Balaban J connectivity index is 2.14. The van der Waals surface area contributed by atoms with Crippen molar-refractivity contribution in [3.8, 4) is 5.75 Å². The van der Waals surface area contributed by atoms with Crippen molar-refractivity contribution in [3.05, 3.63) is 29.3 Å². The van der Waals surface area contributed by atoms with Gasteiger partial charge in [0, 0.05) is 13.1 Å². The Hall–Kier alpha value is -1.55. The van der Waals surface area contributed by atoms with Crippen LogP contribution >= 0.6 is 0 Å². The zero-order valence-corrected chi connectivity index (χ0v) is 10.9. The van der Waals surface area contributed by atoms with E-state index < -0.39 is 0 Å². The lowest BCUT2D eigenvalue weighted by atomic mass is 10.0. The van der Waals surface area contributed by atoms with Gasteiger partial charge in [0.15, 0.2) is 0 Å². The number of hydrogen-bond donors (Lipinski definition) is 2. The van der Waals surface area contributed by atoms with Crippen LogP contribution in [-0.4, -0.2) is 42.1 Å². The molecule has 1 aliphatic heterocycles. The monoisotopic (exact) mass is 248 g/mol. The highest BCUT2D eigenvalue weighted by Gasteiger charge is 2.24. The van der Waals surface area contributed by atoms with Crippen LogP contribution in [0.25, 0.3) is 0 Å². The van der Waals surface area contributed by atoms with Gasteiger partial charge in [-0.15, -0.1) is 0 Å². The summed E-state index contributed by atoms with van der Waals surface area (Å²) in [4.78, 5) is 14.1. The first-order chi connectivity index (χ1) is 8.59. The van der Waals surface area contributed by atoms with Crippen LogP contribution in [0.2, 0.25) is 0 Å². The number of nitrogens with one attached hydrogen (secondary N) is 1. The fourth-order valence-corrected chi connectivity index (χ4v) is 2.37. The molecule has 1 aromatic rings. The first kappa shape index (κ1) is 12.9. The molecular weight excluding hydrogens is 228 g/mol.